The summed E-state index contributed by atoms with van der Waals surface area (Å²) >= 11 is 0. The molecular weight excluding hydrogens is 220 g/mol. The Kier molecular flexibility index (Phi) is 3.09. The third kappa shape index (κ3) is 2.84. The van der Waals surface area contributed by atoms with Crippen molar-refractivity contribution < 1.29 is 9.84 Å². The largest absolute Gasteiger partial charge is 0.508 e. The number of hydrogen-bond donors (Lipinski definition) is 2. The van der Waals surface area contributed by atoms with Crippen LogP contribution in [0.4, 0.5) is 0 Å². The highest BCUT2D eigenvalue weighted by Gasteiger charge is 2.02. The first-order chi connectivity index (χ1) is 8.17. The molecule has 2 rings (SSSR count). The zero-order valence-electron chi connectivity index (χ0n) is 9.30. The van der Waals surface area contributed by atoms with E-state index >= 15 is 0 Å². The van der Waals surface area contributed by atoms with Gasteiger partial charge in [-0.3, -0.25) is 4.79 Å². The molecule has 1 aromatic carbocycles. The van der Waals surface area contributed by atoms with E-state index in [4.69, 9.17) is 9.84 Å². The Morgan fingerprint density at radius 1 is 1.35 bits per heavy atom. The molecule has 0 saturated carbocycles. The molecule has 1 aromatic heterocycles. The Morgan fingerprint density at radius 3 is 2.71 bits per heavy atom. The van der Waals surface area contributed by atoms with Gasteiger partial charge in [-0.15, -0.1) is 0 Å². The number of hydrogen-bond acceptors (Lipinski definition) is 4. The van der Waals surface area contributed by atoms with Crippen molar-refractivity contribution in [1.82, 2.24) is 9.97 Å². The fraction of sp³-hybridized carbons (Fsp3) is 0.167. The molecule has 5 nitrogen and oxygen atoms in total. The lowest BCUT2D eigenvalue weighted by Crippen LogP contribution is -2.10. The predicted octanol–water partition coefficient (Wildman–Crippen LogP) is 1.83. The molecule has 0 spiro atoms. The van der Waals surface area contributed by atoms with Crippen LogP contribution in [0.2, 0.25) is 0 Å². The van der Waals surface area contributed by atoms with E-state index in [-0.39, 0.29) is 17.2 Å². The second kappa shape index (κ2) is 4.69. The maximum absolute atomic E-state index is 11.3. The molecule has 0 atom stereocenters. The van der Waals surface area contributed by atoms with E-state index in [0.717, 1.165) is 0 Å². The summed E-state index contributed by atoms with van der Waals surface area (Å²) in [6.07, 6.45) is 0.627. The van der Waals surface area contributed by atoms with E-state index in [1.807, 2.05) is 6.92 Å². The van der Waals surface area contributed by atoms with Crippen molar-refractivity contribution in [2.75, 3.05) is 0 Å². The highest BCUT2D eigenvalue weighted by molar-refractivity contribution is 5.32. The van der Waals surface area contributed by atoms with E-state index in [2.05, 4.69) is 9.97 Å². The molecule has 0 aliphatic heterocycles. The number of benzene rings is 1. The highest BCUT2D eigenvalue weighted by atomic mass is 16.5. The molecule has 5 heteroatoms. The van der Waals surface area contributed by atoms with Crippen LogP contribution in [0.15, 0.2) is 35.1 Å². The van der Waals surface area contributed by atoms with Gasteiger partial charge in [-0.1, -0.05) is 6.92 Å². The Bertz CT molecular complexity index is 561. The van der Waals surface area contributed by atoms with Crippen molar-refractivity contribution in [3.8, 4) is 17.4 Å². The van der Waals surface area contributed by atoms with Crippen LogP contribution in [0.25, 0.3) is 0 Å². The first-order valence-corrected chi connectivity index (χ1v) is 5.24. The first-order valence-electron chi connectivity index (χ1n) is 5.24. The number of phenols is 1. The van der Waals surface area contributed by atoms with Crippen molar-refractivity contribution in [2.45, 2.75) is 13.3 Å². The number of H-pyrrole nitrogens is 1. The molecule has 2 N–H and O–H groups in total. The third-order valence-electron chi connectivity index (χ3n) is 2.16. The van der Waals surface area contributed by atoms with Gasteiger partial charge in [0.1, 0.15) is 17.3 Å². The molecule has 0 bridgehead atoms. The summed E-state index contributed by atoms with van der Waals surface area (Å²) in [6, 6.07) is 7.49. The summed E-state index contributed by atoms with van der Waals surface area (Å²) in [7, 11) is 0. The summed E-state index contributed by atoms with van der Waals surface area (Å²) in [5.74, 6) is 1.50. The molecule has 0 amide bonds. The zero-order valence-corrected chi connectivity index (χ0v) is 9.30. The smallest absolute Gasteiger partial charge is 0.254 e. The van der Waals surface area contributed by atoms with Crippen LogP contribution in [-0.2, 0) is 6.42 Å². The average Bonchev–Trinajstić information content (AvgIpc) is 2.31. The summed E-state index contributed by atoms with van der Waals surface area (Å²) in [5, 5.41) is 9.12. The van der Waals surface area contributed by atoms with Gasteiger partial charge >= 0.3 is 0 Å². The van der Waals surface area contributed by atoms with Crippen molar-refractivity contribution in [3.63, 3.8) is 0 Å². The Hall–Kier alpha value is -2.30. The summed E-state index contributed by atoms with van der Waals surface area (Å²) < 4.78 is 5.41. The van der Waals surface area contributed by atoms with Crippen LogP contribution in [0.1, 0.15) is 12.7 Å². The van der Waals surface area contributed by atoms with Gasteiger partial charge in [-0.2, -0.15) is 4.98 Å². The quantitative estimate of drug-likeness (QED) is 0.846. The number of phenolic OH excluding ortho intramolecular Hbond substituents is 1. The maximum atomic E-state index is 11.3. The Labute approximate surface area is 97.7 Å². The topological polar surface area (TPSA) is 75.2 Å². The molecule has 1 heterocycles. The van der Waals surface area contributed by atoms with Gasteiger partial charge in [0.2, 0.25) is 5.88 Å². The van der Waals surface area contributed by atoms with Crippen molar-refractivity contribution in [3.05, 3.63) is 46.5 Å². The molecule has 88 valence electrons. The normalized spacial score (nSPS) is 10.2. The molecule has 2 aromatic rings. The summed E-state index contributed by atoms with van der Waals surface area (Å²) in [5.41, 5.74) is -0.245. The average molecular weight is 232 g/mol. The van der Waals surface area contributed by atoms with E-state index in [1.54, 1.807) is 12.1 Å². The van der Waals surface area contributed by atoms with Crippen LogP contribution >= 0.6 is 0 Å². The molecule has 17 heavy (non-hydrogen) atoms. The van der Waals surface area contributed by atoms with Crippen molar-refractivity contribution >= 4 is 0 Å². The molecule has 0 aliphatic carbocycles. The van der Waals surface area contributed by atoms with Crippen LogP contribution in [0, 0.1) is 0 Å². The second-order valence-electron chi connectivity index (χ2n) is 3.48. The van der Waals surface area contributed by atoms with Gasteiger partial charge in [0.25, 0.3) is 5.56 Å². The van der Waals surface area contributed by atoms with E-state index in [0.29, 0.717) is 18.0 Å². The van der Waals surface area contributed by atoms with Crippen molar-refractivity contribution in [2.24, 2.45) is 0 Å². The minimum absolute atomic E-state index is 0.158. The molecule has 0 aliphatic rings. The van der Waals surface area contributed by atoms with Gasteiger partial charge in [-0.05, 0) is 24.3 Å². The number of aromatic hydroxyl groups is 1. The number of nitrogens with one attached hydrogen (secondary N) is 1. The van der Waals surface area contributed by atoms with Crippen molar-refractivity contribution in [1.29, 1.82) is 0 Å². The van der Waals surface area contributed by atoms with E-state index in [1.165, 1.54) is 18.2 Å². The Balaban J connectivity index is 2.26. The number of aromatic nitrogens is 2. The fourth-order valence-electron chi connectivity index (χ4n) is 1.34. The number of nitrogens with zero attached hydrogens (tertiary/aromatic N) is 1. The van der Waals surface area contributed by atoms with Crippen LogP contribution in [-0.4, -0.2) is 15.1 Å². The van der Waals surface area contributed by atoms with Gasteiger partial charge in [0.15, 0.2) is 0 Å². The molecule has 0 radical (unpaired) electrons. The third-order valence-corrected chi connectivity index (χ3v) is 2.16. The first kappa shape index (κ1) is 11.2. The maximum Gasteiger partial charge on any atom is 0.254 e. The standard InChI is InChI=1S/C12H12N2O3/c1-2-10-13-11(16)7-12(14-10)17-9-5-3-8(15)4-6-9/h3-7,15H,2H2,1H3,(H,13,14,16). The fourth-order valence-corrected chi connectivity index (χ4v) is 1.34. The number of ether oxygens (including phenoxy) is 1. The van der Waals surface area contributed by atoms with E-state index in [9.17, 15) is 4.79 Å². The summed E-state index contributed by atoms with van der Waals surface area (Å²) in [4.78, 5) is 18.0. The van der Waals surface area contributed by atoms with Gasteiger partial charge in [0.05, 0.1) is 6.07 Å². The minimum Gasteiger partial charge on any atom is -0.508 e. The SMILES string of the molecule is CCc1nc(Oc2ccc(O)cc2)cc(=O)[nH]1. The Morgan fingerprint density at radius 2 is 2.06 bits per heavy atom. The summed E-state index contributed by atoms with van der Waals surface area (Å²) in [6.45, 7) is 1.89. The van der Waals surface area contributed by atoms with Gasteiger partial charge in [-0.25, -0.2) is 0 Å². The number of aromatic amines is 1. The second-order valence-corrected chi connectivity index (χ2v) is 3.48. The lowest BCUT2D eigenvalue weighted by atomic mass is 10.3. The predicted molar refractivity (Wildman–Crippen MR) is 62.4 cm³/mol. The monoisotopic (exact) mass is 232 g/mol. The van der Waals surface area contributed by atoms with Gasteiger partial charge in [0, 0.05) is 6.42 Å². The molecule has 0 fully saturated rings. The number of rotatable bonds is 3. The molecule has 0 unspecified atom stereocenters. The van der Waals surface area contributed by atoms with Crippen LogP contribution < -0.4 is 10.3 Å². The molecular formula is C12H12N2O3. The van der Waals surface area contributed by atoms with E-state index < -0.39 is 0 Å². The lowest BCUT2D eigenvalue weighted by molar-refractivity contribution is 0.450. The molecule has 0 saturated heterocycles. The lowest BCUT2D eigenvalue weighted by Gasteiger charge is -2.05. The van der Waals surface area contributed by atoms with Crippen LogP contribution in [0.5, 0.6) is 17.4 Å². The van der Waals surface area contributed by atoms with Crippen LogP contribution in [0.3, 0.4) is 0 Å². The minimum atomic E-state index is -0.245. The number of aryl methyl sites for hydroxylation is 1. The highest BCUT2D eigenvalue weighted by Crippen LogP contribution is 2.20. The van der Waals surface area contributed by atoms with Gasteiger partial charge < -0.3 is 14.8 Å². The zero-order chi connectivity index (χ0) is 12.3.